The lowest BCUT2D eigenvalue weighted by Gasteiger charge is -2.15. The van der Waals surface area contributed by atoms with Gasteiger partial charge in [0.05, 0.1) is 12.4 Å². The van der Waals surface area contributed by atoms with Gasteiger partial charge in [0.1, 0.15) is 17.8 Å². The summed E-state index contributed by atoms with van der Waals surface area (Å²) in [7, 11) is -1.07. The molecule has 0 saturated carbocycles. The zero-order chi connectivity index (χ0) is 18.7. The SMILES string of the molecule is CC(C)c1ccccc1-c1ncc2c(cnn2COCC[Si](C)(C)C)n1. The zero-order valence-corrected chi connectivity index (χ0v) is 17.4. The van der Waals surface area contributed by atoms with Crippen LogP contribution in [0, 0.1) is 0 Å². The Hall–Kier alpha value is -2.05. The van der Waals surface area contributed by atoms with Crippen LogP contribution in [0.2, 0.25) is 25.7 Å². The van der Waals surface area contributed by atoms with Crippen molar-refractivity contribution < 1.29 is 4.74 Å². The summed E-state index contributed by atoms with van der Waals surface area (Å²) < 4.78 is 7.64. The van der Waals surface area contributed by atoms with Crippen molar-refractivity contribution in [2.45, 2.75) is 52.2 Å². The van der Waals surface area contributed by atoms with Gasteiger partial charge in [0, 0.05) is 20.2 Å². The van der Waals surface area contributed by atoms with Crippen LogP contribution in [0.15, 0.2) is 36.7 Å². The Kier molecular flexibility index (Phi) is 5.53. The topological polar surface area (TPSA) is 52.8 Å². The molecular weight excluding hydrogens is 340 g/mol. The zero-order valence-electron chi connectivity index (χ0n) is 16.4. The van der Waals surface area contributed by atoms with E-state index in [0.29, 0.717) is 12.6 Å². The highest BCUT2D eigenvalue weighted by molar-refractivity contribution is 6.76. The first-order valence-electron chi connectivity index (χ1n) is 9.21. The predicted octanol–water partition coefficient (Wildman–Crippen LogP) is 4.93. The summed E-state index contributed by atoms with van der Waals surface area (Å²) in [5, 5.41) is 4.42. The maximum absolute atomic E-state index is 5.81. The van der Waals surface area contributed by atoms with E-state index < -0.39 is 8.07 Å². The number of hydrogen-bond acceptors (Lipinski definition) is 4. The summed E-state index contributed by atoms with van der Waals surface area (Å²) in [6.45, 7) is 12.6. The Balaban J connectivity index is 1.79. The summed E-state index contributed by atoms with van der Waals surface area (Å²) in [5.74, 6) is 1.17. The second-order valence-electron chi connectivity index (χ2n) is 8.20. The Morgan fingerprint density at radius 1 is 1.12 bits per heavy atom. The standard InChI is InChI=1S/C20H28N4OSi/c1-15(2)16-8-6-7-9-17(16)20-21-13-19-18(23-20)12-22-24(19)14-25-10-11-26(3,4)5/h6-9,12-13,15H,10-11,14H2,1-5H3. The molecule has 0 bridgehead atoms. The van der Waals surface area contributed by atoms with Crippen molar-refractivity contribution in [3.63, 3.8) is 0 Å². The highest BCUT2D eigenvalue weighted by Crippen LogP contribution is 2.27. The van der Waals surface area contributed by atoms with Crippen molar-refractivity contribution in [3.05, 3.63) is 42.2 Å². The van der Waals surface area contributed by atoms with Gasteiger partial charge >= 0.3 is 0 Å². The van der Waals surface area contributed by atoms with Gasteiger partial charge in [-0.05, 0) is 17.5 Å². The monoisotopic (exact) mass is 368 g/mol. The van der Waals surface area contributed by atoms with Gasteiger partial charge in [0.25, 0.3) is 0 Å². The van der Waals surface area contributed by atoms with Crippen molar-refractivity contribution in [2.75, 3.05) is 6.61 Å². The van der Waals surface area contributed by atoms with Crippen LogP contribution < -0.4 is 0 Å². The average Bonchev–Trinajstić information content (AvgIpc) is 3.00. The molecule has 5 nitrogen and oxygen atoms in total. The molecule has 0 aliphatic carbocycles. The maximum atomic E-state index is 5.81. The van der Waals surface area contributed by atoms with Crippen LogP contribution in [0.5, 0.6) is 0 Å². The Labute approximate surface area is 156 Å². The fraction of sp³-hybridized carbons (Fsp3) is 0.450. The quantitative estimate of drug-likeness (QED) is 0.438. The van der Waals surface area contributed by atoms with E-state index in [0.717, 1.165) is 35.1 Å². The van der Waals surface area contributed by atoms with E-state index in [2.05, 4.69) is 61.8 Å². The van der Waals surface area contributed by atoms with E-state index in [4.69, 9.17) is 9.72 Å². The lowest BCUT2D eigenvalue weighted by atomic mass is 9.97. The van der Waals surface area contributed by atoms with Crippen molar-refractivity contribution >= 4 is 19.1 Å². The van der Waals surface area contributed by atoms with Crippen molar-refractivity contribution in [1.82, 2.24) is 19.7 Å². The molecule has 0 saturated heterocycles. The normalized spacial score (nSPS) is 12.2. The minimum absolute atomic E-state index is 0.424. The number of hydrogen-bond donors (Lipinski definition) is 0. The van der Waals surface area contributed by atoms with Crippen molar-refractivity contribution in [1.29, 1.82) is 0 Å². The Morgan fingerprint density at radius 3 is 2.62 bits per heavy atom. The molecule has 0 spiro atoms. The first kappa shape index (κ1) is 18.7. The molecule has 0 aliphatic rings. The molecule has 2 heterocycles. The second-order valence-corrected chi connectivity index (χ2v) is 13.8. The molecule has 6 heteroatoms. The van der Waals surface area contributed by atoms with Crippen LogP contribution in [-0.4, -0.2) is 34.4 Å². The lowest BCUT2D eigenvalue weighted by molar-refractivity contribution is 0.0816. The molecule has 138 valence electrons. The van der Waals surface area contributed by atoms with E-state index in [-0.39, 0.29) is 0 Å². The van der Waals surface area contributed by atoms with Crippen LogP contribution in [-0.2, 0) is 11.5 Å². The van der Waals surface area contributed by atoms with Gasteiger partial charge < -0.3 is 4.74 Å². The largest absolute Gasteiger partial charge is 0.360 e. The van der Waals surface area contributed by atoms with E-state index in [1.165, 1.54) is 5.56 Å². The maximum Gasteiger partial charge on any atom is 0.160 e. The summed E-state index contributed by atoms with van der Waals surface area (Å²) in [5.41, 5.74) is 4.10. The number of aromatic nitrogens is 4. The molecular formula is C20H28N4OSi. The minimum atomic E-state index is -1.07. The molecule has 0 amide bonds. The van der Waals surface area contributed by atoms with Crippen LogP contribution in [0.4, 0.5) is 0 Å². The van der Waals surface area contributed by atoms with Crippen LogP contribution >= 0.6 is 0 Å². The van der Waals surface area contributed by atoms with E-state index in [1.54, 1.807) is 6.20 Å². The lowest BCUT2D eigenvalue weighted by Crippen LogP contribution is -2.22. The molecule has 2 aromatic heterocycles. The summed E-state index contributed by atoms with van der Waals surface area (Å²) in [6, 6.07) is 9.47. The van der Waals surface area contributed by atoms with Crippen LogP contribution in [0.1, 0.15) is 25.3 Å². The Morgan fingerprint density at radius 2 is 1.88 bits per heavy atom. The summed E-state index contributed by atoms with van der Waals surface area (Å²) in [4.78, 5) is 9.33. The fourth-order valence-electron chi connectivity index (χ4n) is 2.84. The van der Waals surface area contributed by atoms with Gasteiger partial charge in [-0.3, -0.25) is 0 Å². The van der Waals surface area contributed by atoms with Gasteiger partial charge in [-0.25, -0.2) is 14.6 Å². The molecule has 3 aromatic rings. The van der Waals surface area contributed by atoms with Gasteiger partial charge in [-0.1, -0.05) is 57.8 Å². The second kappa shape index (κ2) is 7.68. The highest BCUT2D eigenvalue weighted by Gasteiger charge is 2.14. The highest BCUT2D eigenvalue weighted by atomic mass is 28.3. The molecule has 1 aromatic carbocycles. The van der Waals surface area contributed by atoms with Gasteiger partial charge in [-0.15, -0.1) is 0 Å². The minimum Gasteiger partial charge on any atom is -0.360 e. The fourth-order valence-corrected chi connectivity index (χ4v) is 3.59. The third kappa shape index (κ3) is 4.37. The van der Waals surface area contributed by atoms with E-state index in [1.807, 2.05) is 16.9 Å². The van der Waals surface area contributed by atoms with Crippen molar-refractivity contribution in [3.8, 4) is 11.4 Å². The number of fused-ring (bicyclic) bond motifs is 1. The molecule has 0 atom stereocenters. The molecule has 0 fully saturated rings. The van der Waals surface area contributed by atoms with E-state index >= 15 is 0 Å². The smallest absolute Gasteiger partial charge is 0.160 e. The molecule has 0 unspecified atom stereocenters. The Bertz CT molecular complexity index is 883. The van der Waals surface area contributed by atoms with Gasteiger partial charge in [0.2, 0.25) is 0 Å². The first-order chi connectivity index (χ1) is 12.3. The summed E-state index contributed by atoms with van der Waals surface area (Å²) in [6.07, 6.45) is 3.64. The number of nitrogens with zero attached hydrogens (tertiary/aromatic N) is 4. The molecule has 0 N–H and O–H groups in total. The number of ether oxygens (including phenoxy) is 1. The third-order valence-corrected chi connectivity index (χ3v) is 6.13. The van der Waals surface area contributed by atoms with Crippen LogP contribution in [0.25, 0.3) is 22.4 Å². The van der Waals surface area contributed by atoms with Gasteiger partial charge in [0.15, 0.2) is 5.82 Å². The summed E-state index contributed by atoms with van der Waals surface area (Å²) >= 11 is 0. The molecule has 26 heavy (non-hydrogen) atoms. The predicted molar refractivity (Wildman–Crippen MR) is 109 cm³/mol. The van der Waals surface area contributed by atoms with Gasteiger partial charge in [-0.2, -0.15) is 5.10 Å². The third-order valence-electron chi connectivity index (χ3n) is 4.43. The molecule has 0 radical (unpaired) electrons. The number of benzene rings is 1. The molecule has 0 aliphatic heterocycles. The average molecular weight is 369 g/mol. The first-order valence-corrected chi connectivity index (χ1v) is 12.9. The number of rotatable bonds is 7. The van der Waals surface area contributed by atoms with Crippen LogP contribution in [0.3, 0.4) is 0 Å². The van der Waals surface area contributed by atoms with E-state index in [9.17, 15) is 0 Å². The molecule has 3 rings (SSSR count). The van der Waals surface area contributed by atoms with Crippen molar-refractivity contribution in [2.24, 2.45) is 0 Å².